The molecule has 2 aromatic rings. The first kappa shape index (κ1) is 25.0. The van der Waals surface area contributed by atoms with Crippen LogP contribution >= 0.6 is 0 Å². The van der Waals surface area contributed by atoms with Crippen molar-refractivity contribution in [3.8, 4) is 22.9 Å². The Morgan fingerprint density at radius 3 is 2.27 bits per heavy atom. The van der Waals surface area contributed by atoms with Crippen molar-refractivity contribution < 1.29 is 23.7 Å². The highest BCUT2D eigenvalue weighted by Crippen LogP contribution is 2.29. The number of carbonyl (C=O) groups is 1. The van der Waals surface area contributed by atoms with Gasteiger partial charge in [-0.1, -0.05) is 77.3 Å². The zero-order valence-electron chi connectivity index (χ0n) is 19.8. The lowest BCUT2D eigenvalue weighted by atomic mass is 10.1. The molecular weight excluding hydrogens is 420 g/mol. The van der Waals surface area contributed by atoms with Crippen LogP contribution in [-0.4, -0.2) is 35.1 Å². The predicted molar refractivity (Wildman–Crippen MR) is 126 cm³/mol. The second kappa shape index (κ2) is 13.8. The van der Waals surface area contributed by atoms with E-state index in [2.05, 4.69) is 23.8 Å². The molecule has 0 radical (unpaired) electrons. The Kier molecular flexibility index (Phi) is 10.4. The third-order valence-electron chi connectivity index (χ3n) is 5.59. The molecule has 1 aromatic heterocycles. The Labute approximate surface area is 196 Å². The van der Waals surface area contributed by atoms with Crippen LogP contribution in [0, 0.1) is 0 Å². The monoisotopic (exact) mass is 456 g/mol. The molecule has 0 N–H and O–H groups in total. The van der Waals surface area contributed by atoms with E-state index in [4.69, 9.17) is 18.9 Å². The highest BCUT2D eigenvalue weighted by molar-refractivity contribution is 5.66. The van der Waals surface area contributed by atoms with E-state index in [-0.39, 0.29) is 6.10 Å². The first-order chi connectivity index (χ1) is 16.2. The fourth-order valence-corrected chi connectivity index (χ4v) is 3.55. The molecule has 1 aromatic carbocycles. The maximum atomic E-state index is 11.9. The summed E-state index contributed by atoms with van der Waals surface area (Å²) >= 11 is 0. The summed E-state index contributed by atoms with van der Waals surface area (Å²) in [6.45, 7) is 5.01. The van der Waals surface area contributed by atoms with Gasteiger partial charge in [-0.25, -0.2) is 14.8 Å². The van der Waals surface area contributed by atoms with E-state index in [9.17, 15) is 4.79 Å². The summed E-state index contributed by atoms with van der Waals surface area (Å²) in [4.78, 5) is 20.5. The quantitative estimate of drug-likeness (QED) is 0.128. The van der Waals surface area contributed by atoms with Gasteiger partial charge in [0.05, 0.1) is 6.61 Å². The van der Waals surface area contributed by atoms with Crippen LogP contribution in [0.1, 0.15) is 78.1 Å². The smallest absolute Gasteiger partial charge is 0.463 e. The fraction of sp³-hybridized carbons (Fsp3) is 0.577. The standard InChI is InChI=1S/C26H36N2O5/c1-3-5-7-8-9-11-17-30-25-27-18-21(19-28-25)20-13-15-22(16-14-20)31-26(29)33-24-23(32-24)12-10-6-4-2/h13-16,18-19,23-24H,3-12,17H2,1-2H3/t23-,24-/m1/s1. The summed E-state index contributed by atoms with van der Waals surface area (Å²) in [5, 5.41) is 0. The number of hydrogen-bond acceptors (Lipinski definition) is 7. The van der Waals surface area contributed by atoms with E-state index >= 15 is 0 Å². The molecule has 1 saturated heterocycles. The normalized spacial score (nSPS) is 16.9. The number of nitrogens with zero attached hydrogens (tertiary/aromatic N) is 2. The van der Waals surface area contributed by atoms with Gasteiger partial charge in [0.2, 0.25) is 6.29 Å². The SMILES string of the molecule is CCCCCCCCOc1ncc(-c2ccc(OC(=O)O[C@H]3O[C@@H]3CCCCC)cc2)cn1. The van der Waals surface area contributed by atoms with Gasteiger partial charge in [-0.15, -0.1) is 0 Å². The molecule has 0 spiro atoms. The summed E-state index contributed by atoms with van der Waals surface area (Å²) in [6.07, 6.45) is 13.8. The molecule has 0 unspecified atom stereocenters. The van der Waals surface area contributed by atoms with Crippen LogP contribution in [-0.2, 0) is 9.47 Å². The van der Waals surface area contributed by atoms with Crippen molar-refractivity contribution in [3.63, 3.8) is 0 Å². The minimum absolute atomic E-state index is 0.00391. The van der Waals surface area contributed by atoms with E-state index in [1.54, 1.807) is 24.5 Å². The molecule has 2 heterocycles. The van der Waals surface area contributed by atoms with Crippen LogP contribution in [0.25, 0.3) is 11.1 Å². The van der Waals surface area contributed by atoms with E-state index in [1.807, 2.05) is 12.1 Å². The van der Waals surface area contributed by atoms with E-state index in [1.165, 1.54) is 32.1 Å². The Morgan fingerprint density at radius 2 is 1.55 bits per heavy atom. The van der Waals surface area contributed by atoms with Crippen LogP contribution in [0.5, 0.6) is 11.8 Å². The van der Waals surface area contributed by atoms with Crippen LogP contribution in [0.15, 0.2) is 36.7 Å². The Bertz CT molecular complexity index is 826. The molecule has 33 heavy (non-hydrogen) atoms. The Balaban J connectivity index is 1.36. The number of aromatic nitrogens is 2. The molecule has 2 atom stereocenters. The van der Waals surface area contributed by atoms with Crippen molar-refractivity contribution in [1.82, 2.24) is 9.97 Å². The van der Waals surface area contributed by atoms with Gasteiger partial charge in [0, 0.05) is 18.0 Å². The lowest BCUT2D eigenvalue weighted by Gasteiger charge is -2.07. The molecular formula is C26H36N2O5. The van der Waals surface area contributed by atoms with E-state index < -0.39 is 12.4 Å². The summed E-state index contributed by atoms with van der Waals surface area (Å²) in [6, 6.07) is 7.52. The molecule has 7 heteroatoms. The van der Waals surface area contributed by atoms with Gasteiger partial charge in [0.1, 0.15) is 11.9 Å². The lowest BCUT2D eigenvalue weighted by Crippen LogP contribution is -2.14. The van der Waals surface area contributed by atoms with Crippen molar-refractivity contribution in [3.05, 3.63) is 36.7 Å². The van der Waals surface area contributed by atoms with E-state index in [0.29, 0.717) is 18.4 Å². The maximum absolute atomic E-state index is 11.9. The average Bonchev–Trinajstić information content (AvgIpc) is 3.57. The summed E-state index contributed by atoms with van der Waals surface area (Å²) in [5.41, 5.74) is 1.78. The van der Waals surface area contributed by atoms with Crippen molar-refractivity contribution in [2.45, 2.75) is 90.4 Å². The van der Waals surface area contributed by atoms with E-state index in [0.717, 1.165) is 43.2 Å². The summed E-state index contributed by atoms with van der Waals surface area (Å²) in [5.74, 6) is 0.409. The van der Waals surface area contributed by atoms with Crippen LogP contribution in [0.3, 0.4) is 0 Å². The second-order valence-corrected chi connectivity index (χ2v) is 8.40. The zero-order chi connectivity index (χ0) is 23.3. The number of rotatable bonds is 15. The van der Waals surface area contributed by atoms with Crippen molar-refractivity contribution >= 4 is 6.16 Å². The van der Waals surface area contributed by atoms with Crippen LogP contribution < -0.4 is 9.47 Å². The largest absolute Gasteiger partial charge is 0.516 e. The molecule has 0 bridgehead atoms. The fourth-order valence-electron chi connectivity index (χ4n) is 3.55. The highest BCUT2D eigenvalue weighted by atomic mass is 16.8. The number of carbonyl (C=O) groups excluding carboxylic acids is 1. The van der Waals surface area contributed by atoms with Crippen molar-refractivity contribution in [2.24, 2.45) is 0 Å². The van der Waals surface area contributed by atoms with Gasteiger partial charge in [0.15, 0.2) is 0 Å². The first-order valence-corrected chi connectivity index (χ1v) is 12.3. The highest BCUT2D eigenvalue weighted by Gasteiger charge is 2.42. The lowest BCUT2D eigenvalue weighted by molar-refractivity contribution is 0.0562. The Hall–Kier alpha value is -2.67. The van der Waals surface area contributed by atoms with Gasteiger partial charge in [0.25, 0.3) is 0 Å². The van der Waals surface area contributed by atoms with Gasteiger partial charge < -0.3 is 18.9 Å². The van der Waals surface area contributed by atoms with Gasteiger partial charge in [-0.2, -0.15) is 0 Å². The Morgan fingerprint density at radius 1 is 0.879 bits per heavy atom. The molecule has 0 amide bonds. The number of ether oxygens (including phenoxy) is 4. The van der Waals surface area contributed by atoms with Gasteiger partial charge >= 0.3 is 12.2 Å². The topological polar surface area (TPSA) is 83.1 Å². The molecule has 1 aliphatic rings. The van der Waals surface area contributed by atoms with Crippen LogP contribution in [0.2, 0.25) is 0 Å². The number of epoxide rings is 1. The summed E-state index contributed by atoms with van der Waals surface area (Å²) in [7, 11) is 0. The maximum Gasteiger partial charge on any atom is 0.516 e. The molecule has 0 saturated carbocycles. The minimum Gasteiger partial charge on any atom is -0.463 e. The molecule has 1 fully saturated rings. The number of hydrogen-bond donors (Lipinski definition) is 0. The molecule has 0 aliphatic carbocycles. The van der Waals surface area contributed by atoms with Gasteiger partial charge in [-0.3, -0.25) is 0 Å². The molecule has 180 valence electrons. The minimum atomic E-state index is -0.749. The van der Waals surface area contributed by atoms with Gasteiger partial charge in [-0.05, 0) is 30.5 Å². The number of benzene rings is 1. The second-order valence-electron chi connectivity index (χ2n) is 8.40. The molecule has 1 aliphatic heterocycles. The predicted octanol–water partition coefficient (Wildman–Crippen LogP) is 6.70. The number of unbranched alkanes of at least 4 members (excludes halogenated alkanes) is 7. The molecule has 3 rings (SSSR count). The summed E-state index contributed by atoms with van der Waals surface area (Å²) < 4.78 is 21.4. The van der Waals surface area contributed by atoms with Crippen molar-refractivity contribution in [2.75, 3.05) is 6.61 Å². The molecule has 7 nitrogen and oxygen atoms in total. The first-order valence-electron chi connectivity index (χ1n) is 12.3. The van der Waals surface area contributed by atoms with Crippen LogP contribution in [0.4, 0.5) is 4.79 Å². The average molecular weight is 457 g/mol. The van der Waals surface area contributed by atoms with Crippen molar-refractivity contribution in [1.29, 1.82) is 0 Å². The third kappa shape index (κ3) is 9.00. The zero-order valence-corrected chi connectivity index (χ0v) is 19.8. The third-order valence-corrected chi connectivity index (χ3v) is 5.59.